The first-order valence-corrected chi connectivity index (χ1v) is 17.9. The van der Waals surface area contributed by atoms with E-state index in [-0.39, 0.29) is 0 Å². The van der Waals surface area contributed by atoms with E-state index in [1.54, 1.807) is 0 Å². The molecular weight excluding hydrogens is 647 g/mol. The van der Waals surface area contributed by atoms with Crippen molar-refractivity contribution in [3.8, 4) is 45.3 Å². The summed E-state index contributed by atoms with van der Waals surface area (Å²) in [6, 6.07) is 61.6. The zero-order valence-electron chi connectivity index (χ0n) is 28.5. The number of fused-ring (bicyclic) bond motifs is 8. The Labute approximate surface area is 304 Å². The topological polar surface area (TPSA) is 51.8 Å². The molecule has 0 aliphatic heterocycles. The first-order valence-electron chi connectivity index (χ1n) is 17.9. The van der Waals surface area contributed by atoms with E-state index >= 15 is 0 Å². The highest BCUT2D eigenvalue weighted by Crippen LogP contribution is 2.43. The zero-order valence-corrected chi connectivity index (χ0v) is 28.5. The summed E-state index contributed by atoms with van der Waals surface area (Å²) < 4.78 is 6.44. The Morgan fingerprint density at radius 1 is 0.302 bits per heavy atom. The molecule has 4 nitrogen and oxygen atoms in total. The van der Waals surface area contributed by atoms with Crippen LogP contribution < -0.4 is 0 Å². The van der Waals surface area contributed by atoms with Gasteiger partial charge in [-0.2, -0.15) is 0 Å². The number of benzene rings is 9. The van der Waals surface area contributed by atoms with Crippen LogP contribution in [0, 0.1) is 0 Å². The van der Waals surface area contributed by atoms with Crippen LogP contribution in [0.3, 0.4) is 0 Å². The third kappa shape index (κ3) is 4.73. The van der Waals surface area contributed by atoms with E-state index in [4.69, 9.17) is 19.4 Å². The van der Waals surface area contributed by atoms with Gasteiger partial charge in [-0.25, -0.2) is 15.0 Å². The van der Waals surface area contributed by atoms with E-state index < -0.39 is 0 Å². The summed E-state index contributed by atoms with van der Waals surface area (Å²) in [7, 11) is 0. The molecule has 2 aromatic heterocycles. The Bertz CT molecular complexity index is 3250. The van der Waals surface area contributed by atoms with Crippen LogP contribution in [0.5, 0.6) is 0 Å². The maximum absolute atomic E-state index is 6.44. The van der Waals surface area contributed by atoms with E-state index in [9.17, 15) is 0 Å². The first-order chi connectivity index (χ1) is 26.3. The summed E-state index contributed by atoms with van der Waals surface area (Å²) in [6.07, 6.45) is 0. The average molecular weight is 676 g/mol. The van der Waals surface area contributed by atoms with Gasteiger partial charge in [-0.3, -0.25) is 0 Å². The van der Waals surface area contributed by atoms with E-state index in [0.717, 1.165) is 87.5 Å². The van der Waals surface area contributed by atoms with Gasteiger partial charge in [0.2, 0.25) is 0 Å². The largest absolute Gasteiger partial charge is 0.455 e. The lowest BCUT2D eigenvalue weighted by molar-refractivity contribution is 0.672. The molecular formula is C49H29N3O. The molecule has 0 amide bonds. The van der Waals surface area contributed by atoms with Crippen LogP contribution in [-0.2, 0) is 0 Å². The minimum absolute atomic E-state index is 0.634. The standard InChI is InChI=1S/C49H29N3O/c1-2-14-32-28-33(27-26-30(32)12-1)47-50-48(41-23-9-15-31-13-3-4-16-34(31)41)52-49(51-47)42-24-11-20-35-36(42)21-10-22-37(35)43-29-44-39-18-7-8-25-45(39)53-46(44)40-19-6-5-17-38(40)43/h1-29H. The molecule has 53 heavy (non-hydrogen) atoms. The fourth-order valence-electron chi connectivity index (χ4n) is 8.00. The van der Waals surface area contributed by atoms with Gasteiger partial charge in [-0.1, -0.05) is 158 Å². The average Bonchev–Trinajstić information content (AvgIpc) is 3.61. The molecule has 0 fully saturated rings. The van der Waals surface area contributed by atoms with E-state index in [0.29, 0.717) is 17.5 Å². The van der Waals surface area contributed by atoms with Crippen molar-refractivity contribution in [3.05, 3.63) is 176 Å². The lowest BCUT2D eigenvalue weighted by Crippen LogP contribution is -2.01. The summed E-state index contributed by atoms with van der Waals surface area (Å²) >= 11 is 0. The van der Waals surface area contributed by atoms with Gasteiger partial charge in [-0.05, 0) is 67.0 Å². The second-order valence-electron chi connectivity index (χ2n) is 13.5. The smallest absolute Gasteiger partial charge is 0.164 e. The maximum atomic E-state index is 6.44. The second-order valence-corrected chi connectivity index (χ2v) is 13.5. The number of furan rings is 1. The molecule has 0 atom stereocenters. The van der Waals surface area contributed by atoms with Gasteiger partial charge in [0.05, 0.1) is 0 Å². The van der Waals surface area contributed by atoms with Gasteiger partial charge in [0.15, 0.2) is 17.5 Å². The number of hydrogen-bond acceptors (Lipinski definition) is 4. The van der Waals surface area contributed by atoms with Crippen molar-refractivity contribution in [1.82, 2.24) is 15.0 Å². The van der Waals surface area contributed by atoms with Crippen molar-refractivity contribution in [3.63, 3.8) is 0 Å². The number of hydrogen-bond donors (Lipinski definition) is 0. The Balaban J connectivity index is 1.16. The number of para-hydroxylation sites is 1. The van der Waals surface area contributed by atoms with Gasteiger partial charge in [0, 0.05) is 32.8 Å². The number of rotatable bonds is 4. The molecule has 2 heterocycles. The highest BCUT2D eigenvalue weighted by atomic mass is 16.3. The third-order valence-electron chi connectivity index (χ3n) is 10.5. The van der Waals surface area contributed by atoms with E-state index in [2.05, 4.69) is 164 Å². The summed E-state index contributed by atoms with van der Waals surface area (Å²) in [5, 5.41) is 11.2. The van der Waals surface area contributed by atoms with Crippen LogP contribution in [0.25, 0.3) is 110 Å². The summed E-state index contributed by atoms with van der Waals surface area (Å²) in [5.41, 5.74) is 6.98. The lowest BCUT2D eigenvalue weighted by atomic mass is 9.91. The lowest BCUT2D eigenvalue weighted by Gasteiger charge is -2.14. The normalized spacial score (nSPS) is 11.8. The van der Waals surface area contributed by atoms with Crippen LogP contribution >= 0.6 is 0 Å². The second kappa shape index (κ2) is 11.7. The monoisotopic (exact) mass is 675 g/mol. The van der Waals surface area contributed by atoms with Crippen LogP contribution in [0.15, 0.2) is 180 Å². The molecule has 0 saturated heterocycles. The minimum Gasteiger partial charge on any atom is -0.455 e. The number of aromatic nitrogens is 3. The Hall–Kier alpha value is -7.17. The number of nitrogens with zero attached hydrogens (tertiary/aromatic N) is 3. The van der Waals surface area contributed by atoms with Gasteiger partial charge in [0.25, 0.3) is 0 Å². The molecule has 0 radical (unpaired) electrons. The third-order valence-corrected chi connectivity index (χ3v) is 10.5. The Morgan fingerprint density at radius 3 is 1.64 bits per heavy atom. The maximum Gasteiger partial charge on any atom is 0.164 e. The fourth-order valence-corrected chi connectivity index (χ4v) is 8.00. The van der Waals surface area contributed by atoms with Crippen LogP contribution in [0.2, 0.25) is 0 Å². The molecule has 0 aliphatic rings. The molecule has 11 rings (SSSR count). The fraction of sp³-hybridized carbons (Fsp3) is 0. The molecule has 0 spiro atoms. The van der Waals surface area contributed by atoms with Gasteiger partial charge in [0.1, 0.15) is 11.2 Å². The van der Waals surface area contributed by atoms with Crippen molar-refractivity contribution in [2.45, 2.75) is 0 Å². The molecule has 11 aromatic rings. The molecule has 0 aliphatic carbocycles. The molecule has 4 heteroatoms. The molecule has 0 N–H and O–H groups in total. The molecule has 0 bridgehead atoms. The van der Waals surface area contributed by atoms with Crippen molar-refractivity contribution < 1.29 is 4.42 Å². The SMILES string of the molecule is c1ccc2cc(-c3nc(-c4cccc5ccccc45)nc(-c4cccc5c(-c6cc7c8ccccc8oc7c7ccccc67)cccc45)n3)ccc2c1. The van der Waals surface area contributed by atoms with E-state index in [1.165, 1.54) is 5.39 Å². The highest BCUT2D eigenvalue weighted by Gasteiger charge is 2.19. The predicted molar refractivity (Wildman–Crippen MR) is 219 cm³/mol. The Morgan fingerprint density at radius 2 is 0.830 bits per heavy atom. The predicted octanol–water partition coefficient (Wildman–Crippen LogP) is 13.1. The Kier molecular flexibility index (Phi) is 6.52. The molecule has 246 valence electrons. The van der Waals surface area contributed by atoms with E-state index in [1.807, 2.05) is 12.1 Å². The molecule has 9 aromatic carbocycles. The van der Waals surface area contributed by atoms with Gasteiger partial charge >= 0.3 is 0 Å². The summed E-state index contributed by atoms with van der Waals surface area (Å²) in [5.74, 6) is 1.92. The van der Waals surface area contributed by atoms with Crippen molar-refractivity contribution in [2.75, 3.05) is 0 Å². The van der Waals surface area contributed by atoms with Crippen LogP contribution in [0.4, 0.5) is 0 Å². The summed E-state index contributed by atoms with van der Waals surface area (Å²) in [6.45, 7) is 0. The highest BCUT2D eigenvalue weighted by molar-refractivity contribution is 6.21. The first kappa shape index (κ1) is 29.5. The van der Waals surface area contributed by atoms with Crippen LogP contribution in [0.1, 0.15) is 0 Å². The summed E-state index contributed by atoms with van der Waals surface area (Å²) in [4.78, 5) is 15.6. The molecule has 0 saturated carbocycles. The zero-order chi connectivity index (χ0) is 34.9. The van der Waals surface area contributed by atoms with Crippen molar-refractivity contribution in [1.29, 1.82) is 0 Å². The van der Waals surface area contributed by atoms with Gasteiger partial charge < -0.3 is 4.42 Å². The van der Waals surface area contributed by atoms with Crippen LogP contribution in [-0.4, -0.2) is 15.0 Å². The minimum atomic E-state index is 0.634. The quantitative estimate of drug-likeness (QED) is 0.186. The van der Waals surface area contributed by atoms with Crippen molar-refractivity contribution in [2.24, 2.45) is 0 Å². The van der Waals surface area contributed by atoms with Gasteiger partial charge in [-0.15, -0.1) is 0 Å². The van der Waals surface area contributed by atoms with Crippen molar-refractivity contribution >= 4 is 65.0 Å². The molecule has 0 unspecified atom stereocenters.